The van der Waals surface area contributed by atoms with E-state index in [1.165, 1.54) is 24.8 Å². The zero-order chi connectivity index (χ0) is 19.4. The topological polar surface area (TPSA) is 130 Å². The van der Waals surface area contributed by atoms with Crippen molar-refractivity contribution in [2.45, 2.75) is 38.1 Å². The number of β-lactam (4-membered cyclic amide) rings is 1. The van der Waals surface area contributed by atoms with Gasteiger partial charge in [0.25, 0.3) is 5.91 Å². The number of allylic oxidation sites excluding steroid dienone is 1. The van der Waals surface area contributed by atoms with Crippen molar-refractivity contribution in [1.29, 1.82) is 0 Å². The van der Waals surface area contributed by atoms with Crippen molar-refractivity contribution >= 4 is 41.5 Å². The fourth-order valence-corrected chi connectivity index (χ4v) is 3.75. The summed E-state index contributed by atoms with van der Waals surface area (Å²) in [6.07, 6.45) is 2.43. The Morgan fingerprint density at radius 2 is 2.00 bits per heavy atom. The number of fused-ring (bicyclic) bond motifs is 1. The summed E-state index contributed by atoms with van der Waals surface area (Å²) in [5.74, 6) is -3.52. The monoisotopic (exact) mass is 382 g/mol. The number of carboxylic acids is 1. The third-order valence-corrected chi connectivity index (χ3v) is 5.06. The third kappa shape index (κ3) is 3.96. The highest BCUT2D eigenvalue weighted by Crippen LogP contribution is 2.40. The number of carboxylic acid groups (broad SMARTS) is 1. The Kier molecular flexibility index (Phi) is 6.19. The predicted octanol–water partition coefficient (Wildman–Crippen LogP) is 0.171. The quantitative estimate of drug-likeness (QED) is 0.288. The number of esters is 2. The van der Waals surface area contributed by atoms with Gasteiger partial charge in [-0.25, -0.2) is 9.59 Å². The molecule has 26 heavy (non-hydrogen) atoms. The van der Waals surface area contributed by atoms with Crippen LogP contribution in [-0.4, -0.2) is 56.9 Å². The Morgan fingerprint density at radius 3 is 2.58 bits per heavy atom. The van der Waals surface area contributed by atoms with Gasteiger partial charge in [0.2, 0.25) is 5.91 Å². The van der Waals surface area contributed by atoms with Crippen molar-refractivity contribution in [3.8, 4) is 0 Å². The number of carbonyl (C=O) groups excluding carboxylic acids is 4. The summed E-state index contributed by atoms with van der Waals surface area (Å²) in [5.41, 5.74) is -0.000110. The molecule has 2 N–H and O–H groups in total. The molecule has 0 saturated carbocycles. The zero-order valence-corrected chi connectivity index (χ0v) is 15.0. The largest absolute Gasteiger partial charge is 0.477 e. The van der Waals surface area contributed by atoms with Gasteiger partial charge in [0, 0.05) is 24.7 Å². The summed E-state index contributed by atoms with van der Waals surface area (Å²) in [5, 5.41) is 11.5. The lowest BCUT2D eigenvalue weighted by molar-refractivity contribution is -0.156. The normalized spacial score (nSPS) is 21.9. The molecule has 2 heterocycles. The van der Waals surface area contributed by atoms with Crippen molar-refractivity contribution in [2.24, 2.45) is 0 Å². The summed E-state index contributed by atoms with van der Waals surface area (Å²) in [4.78, 5) is 59.1. The van der Waals surface area contributed by atoms with Crippen LogP contribution in [0.25, 0.3) is 0 Å². The predicted molar refractivity (Wildman–Crippen MR) is 90.5 cm³/mol. The molecule has 0 aromatic rings. The number of nitrogens with zero attached hydrogens (tertiary/aromatic N) is 1. The first-order valence-electron chi connectivity index (χ1n) is 7.93. The van der Waals surface area contributed by atoms with E-state index in [0.29, 0.717) is 0 Å². The number of carbonyl (C=O) groups is 5. The van der Waals surface area contributed by atoms with E-state index in [-0.39, 0.29) is 35.8 Å². The molecule has 2 aliphatic rings. The van der Waals surface area contributed by atoms with E-state index >= 15 is 0 Å². The molecule has 2 atom stereocenters. The minimum absolute atomic E-state index is 0.0351. The Balaban J connectivity index is 2.18. The van der Waals surface area contributed by atoms with Crippen LogP contribution >= 0.6 is 11.8 Å². The van der Waals surface area contributed by atoms with Crippen LogP contribution in [0.15, 0.2) is 23.4 Å². The number of rotatable bonds is 6. The molecule has 0 aromatic heterocycles. The van der Waals surface area contributed by atoms with Crippen LogP contribution in [0.3, 0.4) is 0 Å². The maximum absolute atomic E-state index is 12.3. The fourth-order valence-electron chi connectivity index (χ4n) is 2.43. The Labute approximate surface area is 153 Å². The molecule has 0 bridgehead atoms. The Bertz CT molecular complexity index is 728. The number of hydrogen-bond donors (Lipinski definition) is 2. The SMILES string of the molecule is CCC(=O)NC1C(=O)N2C(C(=O)O)=C(C=CC(=O)OC(=O)CC)CS[C@@H]12. The molecule has 10 heteroatoms. The van der Waals surface area contributed by atoms with Crippen LogP contribution < -0.4 is 5.32 Å². The lowest BCUT2D eigenvalue weighted by Gasteiger charge is -2.49. The molecule has 9 nitrogen and oxygen atoms in total. The first-order valence-corrected chi connectivity index (χ1v) is 8.98. The van der Waals surface area contributed by atoms with E-state index in [4.69, 9.17) is 0 Å². The van der Waals surface area contributed by atoms with Crippen molar-refractivity contribution < 1.29 is 33.8 Å². The van der Waals surface area contributed by atoms with Crippen molar-refractivity contribution in [1.82, 2.24) is 10.2 Å². The van der Waals surface area contributed by atoms with Gasteiger partial charge in [0.05, 0.1) is 0 Å². The molecule has 140 valence electrons. The third-order valence-electron chi connectivity index (χ3n) is 3.76. The van der Waals surface area contributed by atoms with E-state index < -0.39 is 35.2 Å². The molecule has 0 spiro atoms. The molecule has 0 aromatic carbocycles. The molecular weight excluding hydrogens is 364 g/mol. The van der Waals surface area contributed by atoms with Gasteiger partial charge >= 0.3 is 17.9 Å². The highest BCUT2D eigenvalue weighted by molar-refractivity contribution is 8.00. The van der Waals surface area contributed by atoms with E-state index in [9.17, 15) is 29.1 Å². The average Bonchev–Trinajstić information content (AvgIpc) is 2.62. The first-order chi connectivity index (χ1) is 12.3. The van der Waals surface area contributed by atoms with Crippen LogP contribution in [-0.2, 0) is 28.7 Å². The molecule has 1 unspecified atom stereocenters. The summed E-state index contributed by atoms with van der Waals surface area (Å²) in [7, 11) is 0. The van der Waals surface area contributed by atoms with Gasteiger partial charge in [-0.2, -0.15) is 0 Å². The lowest BCUT2D eigenvalue weighted by Crippen LogP contribution is -2.70. The molecular formula is C16H18N2O7S. The van der Waals surface area contributed by atoms with Crippen LogP contribution in [0.2, 0.25) is 0 Å². The first kappa shape index (κ1) is 19.7. The molecule has 0 aliphatic carbocycles. The van der Waals surface area contributed by atoms with Crippen molar-refractivity contribution in [3.63, 3.8) is 0 Å². The second-order valence-corrected chi connectivity index (χ2v) is 6.57. The van der Waals surface area contributed by atoms with Crippen molar-refractivity contribution in [3.05, 3.63) is 23.4 Å². The molecule has 0 radical (unpaired) electrons. The Hall–Kier alpha value is -2.62. The van der Waals surface area contributed by atoms with Gasteiger partial charge < -0.3 is 15.2 Å². The summed E-state index contributed by atoms with van der Waals surface area (Å²) < 4.78 is 4.47. The van der Waals surface area contributed by atoms with E-state index in [0.717, 1.165) is 11.0 Å². The van der Waals surface area contributed by atoms with Gasteiger partial charge in [-0.1, -0.05) is 13.8 Å². The van der Waals surface area contributed by atoms with Gasteiger partial charge in [-0.3, -0.25) is 19.3 Å². The number of nitrogens with one attached hydrogen (secondary N) is 1. The van der Waals surface area contributed by atoms with Gasteiger partial charge in [0.15, 0.2) is 0 Å². The van der Waals surface area contributed by atoms with Crippen LogP contribution in [0.4, 0.5) is 0 Å². The Morgan fingerprint density at radius 1 is 1.31 bits per heavy atom. The second kappa shape index (κ2) is 8.17. The number of ether oxygens (including phenoxy) is 1. The average molecular weight is 382 g/mol. The number of thioether (sulfide) groups is 1. The number of aliphatic carboxylic acids is 1. The highest BCUT2D eigenvalue weighted by atomic mass is 32.2. The molecule has 2 aliphatic heterocycles. The summed E-state index contributed by atoms with van der Waals surface area (Å²) in [6, 6.07) is -0.764. The number of hydrogen-bond acceptors (Lipinski definition) is 7. The molecule has 1 fully saturated rings. The smallest absolute Gasteiger partial charge is 0.352 e. The van der Waals surface area contributed by atoms with Crippen LogP contribution in [0.5, 0.6) is 0 Å². The summed E-state index contributed by atoms with van der Waals surface area (Å²) in [6.45, 7) is 3.18. The highest BCUT2D eigenvalue weighted by Gasteiger charge is 2.53. The van der Waals surface area contributed by atoms with Crippen molar-refractivity contribution in [2.75, 3.05) is 5.75 Å². The fraction of sp³-hybridized carbons (Fsp3) is 0.438. The minimum atomic E-state index is -1.32. The van der Waals surface area contributed by atoms with Gasteiger partial charge in [0.1, 0.15) is 17.1 Å². The number of amides is 2. The van der Waals surface area contributed by atoms with Gasteiger partial charge in [-0.15, -0.1) is 11.8 Å². The van der Waals surface area contributed by atoms with Crippen LogP contribution in [0, 0.1) is 0 Å². The standard InChI is InChI=1S/C16H18N2O7S/c1-3-9(19)17-12-14(22)18-13(16(23)24)8(7-26-15(12)18)5-6-11(21)25-10(20)4-2/h5-6,12,15H,3-4,7H2,1-2H3,(H,17,19)(H,23,24)/t12?,15-/m0/s1. The molecule has 2 amide bonds. The lowest BCUT2D eigenvalue weighted by atomic mass is 10.0. The summed E-state index contributed by atoms with van der Waals surface area (Å²) >= 11 is 1.28. The van der Waals surface area contributed by atoms with E-state index in [2.05, 4.69) is 10.1 Å². The second-order valence-electron chi connectivity index (χ2n) is 5.47. The zero-order valence-electron chi connectivity index (χ0n) is 14.2. The maximum Gasteiger partial charge on any atom is 0.352 e. The molecule has 2 rings (SSSR count). The van der Waals surface area contributed by atoms with E-state index in [1.807, 2.05) is 0 Å². The maximum atomic E-state index is 12.3. The minimum Gasteiger partial charge on any atom is -0.477 e. The van der Waals surface area contributed by atoms with Gasteiger partial charge in [-0.05, 0) is 11.6 Å². The molecule has 1 saturated heterocycles. The van der Waals surface area contributed by atoms with E-state index in [1.54, 1.807) is 6.92 Å². The van der Waals surface area contributed by atoms with Crippen LogP contribution in [0.1, 0.15) is 26.7 Å².